The van der Waals surface area contributed by atoms with E-state index >= 15 is 0 Å². The molecule has 0 radical (unpaired) electrons. The quantitative estimate of drug-likeness (QED) is 0.737. The van der Waals surface area contributed by atoms with Crippen molar-refractivity contribution in [1.29, 1.82) is 0 Å². The highest BCUT2D eigenvalue weighted by Gasteiger charge is 2.05. The van der Waals surface area contributed by atoms with Gasteiger partial charge in [0.25, 0.3) is 0 Å². The van der Waals surface area contributed by atoms with Crippen LogP contribution < -0.4 is 0 Å². The summed E-state index contributed by atoms with van der Waals surface area (Å²) >= 11 is 5.40. The van der Waals surface area contributed by atoms with Gasteiger partial charge in [0.05, 0.1) is 3.79 Å². The van der Waals surface area contributed by atoms with Crippen LogP contribution in [0.3, 0.4) is 0 Å². The Morgan fingerprint density at radius 1 is 1.21 bits per heavy atom. The molecule has 2 heteroatoms. The van der Waals surface area contributed by atoms with E-state index in [2.05, 4.69) is 53.2 Å². The lowest BCUT2D eigenvalue weighted by atomic mass is 10.1. The van der Waals surface area contributed by atoms with E-state index in [-0.39, 0.29) is 0 Å². The fourth-order valence-electron chi connectivity index (χ4n) is 1.39. The summed E-state index contributed by atoms with van der Waals surface area (Å²) in [6.45, 7) is 2.18. The molecule has 0 atom stereocenters. The van der Waals surface area contributed by atoms with Gasteiger partial charge in [-0.1, -0.05) is 37.3 Å². The number of thiophene rings is 1. The molecule has 1 aromatic heterocycles. The molecule has 0 nitrogen and oxygen atoms in total. The molecule has 2 aromatic rings. The zero-order valence-corrected chi connectivity index (χ0v) is 10.4. The molecule has 1 heterocycles. The standard InChI is InChI=1S/C12H11BrS/c1-2-9-8-11(14-12(9)13)10-6-4-3-5-7-10/h3-8H,2H2,1H3. The molecule has 0 amide bonds. The van der Waals surface area contributed by atoms with E-state index in [9.17, 15) is 0 Å². The van der Waals surface area contributed by atoms with Crippen LogP contribution in [-0.2, 0) is 6.42 Å². The molecule has 0 spiro atoms. The highest BCUT2D eigenvalue weighted by atomic mass is 79.9. The molecule has 0 aliphatic heterocycles. The maximum atomic E-state index is 3.59. The van der Waals surface area contributed by atoms with Crippen molar-refractivity contribution in [1.82, 2.24) is 0 Å². The average molecular weight is 267 g/mol. The van der Waals surface area contributed by atoms with Gasteiger partial charge in [0.1, 0.15) is 0 Å². The smallest absolute Gasteiger partial charge is 0.0736 e. The van der Waals surface area contributed by atoms with Crippen molar-refractivity contribution in [3.63, 3.8) is 0 Å². The number of hydrogen-bond donors (Lipinski definition) is 0. The molecule has 72 valence electrons. The van der Waals surface area contributed by atoms with Crippen LogP contribution in [0.4, 0.5) is 0 Å². The normalized spacial score (nSPS) is 10.4. The Hall–Kier alpha value is -0.600. The molecule has 1 aromatic carbocycles. The van der Waals surface area contributed by atoms with Gasteiger partial charge in [0.2, 0.25) is 0 Å². The molecule has 0 unspecified atom stereocenters. The second-order valence-corrected chi connectivity index (χ2v) is 5.50. The van der Waals surface area contributed by atoms with E-state index < -0.39 is 0 Å². The predicted octanol–water partition coefficient (Wildman–Crippen LogP) is 4.74. The van der Waals surface area contributed by atoms with E-state index in [0.717, 1.165) is 6.42 Å². The Morgan fingerprint density at radius 3 is 2.50 bits per heavy atom. The third-order valence-corrected chi connectivity index (χ3v) is 4.21. The van der Waals surface area contributed by atoms with Crippen molar-refractivity contribution in [2.75, 3.05) is 0 Å². The summed E-state index contributed by atoms with van der Waals surface area (Å²) in [6.07, 6.45) is 1.09. The molecule has 14 heavy (non-hydrogen) atoms. The number of halogens is 1. The third kappa shape index (κ3) is 1.91. The Kier molecular flexibility index (Phi) is 3.04. The molecule has 0 aliphatic carbocycles. The lowest BCUT2D eigenvalue weighted by Crippen LogP contribution is -1.73. The van der Waals surface area contributed by atoms with Crippen molar-refractivity contribution < 1.29 is 0 Å². The van der Waals surface area contributed by atoms with E-state index in [0.29, 0.717) is 0 Å². The predicted molar refractivity (Wildman–Crippen MR) is 66.8 cm³/mol. The van der Waals surface area contributed by atoms with Crippen LogP contribution in [-0.4, -0.2) is 0 Å². The Labute approximate surface area is 96.7 Å². The summed E-state index contributed by atoms with van der Waals surface area (Å²) in [5.41, 5.74) is 2.70. The first-order chi connectivity index (χ1) is 6.81. The van der Waals surface area contributed by atoms with Gasteiger partial charge in [0, 0.05) is 4.88 Å². The minimum atomic E-state index is 1.09. The molecule has 0 aliphatic rings. The minimum Gasteiger partial charge on any atom is -0.128 e. The molecule has 0 N–H and O–H groups in total. The maximum Gasteiger partial charge on any atom is 0.0736 e. The van der Waals surface area contributed by atoms with Crippen molar-refractivity contribution in [2.45, 2.75) is 13.3 Å². The molecule has 0 saturated carbocycles. The monoisotopic (exact) mass is 266 g/mol. The van der Waals surface area contributed by atoms with E-state index in [1.54, 1.807) is 0 Å². The van der Waals surface area contributed by atoms with Gasteiger partial charge < -0.3 is 0 Å². The van der Waals surface area contributed by atoms with Gasteiger partial charge in [-0.3, -0.25) is 0 Å². The SMILES string of the molecule is CCc1cc(-c2ccccc2)sc1Br. The van der Waals surface area contributed by atoms with Gasteiger partial charge >= 0.3 is 0 Å². The lowest BCUT2D eigenvalue weighted by Gasteiger charge is -1.93. The second-order valence-electron chi connectivity index (χ2n) is 3.13. The van der Waals surface area contributed by atoms with E-state index in [4.69, 9.17) is 0 Å². The summed E-state index contributed by atoms with van der Waals surface area (Å²) in [4.78, 5) is 1.34. The molecule has 0 bridgehead atoms. The Balaban J connectivity index is 2.43. The zero-order chi connectivity index (χ0) is 9.97. The van der Waals surface area contributed by atoms with Crippen LogP contribution in [0.1, 0.15) is 12.5 Å². The number of hydrogen-bond acceptors (Lipinski definition) is 1. The summed E-state index contributed by atoms with van der Waals surface area (Å²) in [6, 6.07) is 12.8. The number of benzene rings is 1. The van der Waals surface area contributed by atoms with Crippen molar-refractivity contribution >= 4 is 27.3 Å². The molecule has 0 saturated heterocycles. The Bertz CT molecular complexity index is 417. The van der Waals surface area contributed by atoms with E-state index in [1.165, 1.54) is 19.8 Å². The lowest BCUT2D eigenvalue weighted by molar-refractivity contribution is 1.15. The molecule has 2 rings (SSSR count). The van der Waals surface area contributed by atoms with Gasteiger partial charge in [-0.2, -0.15) is 0 Å². The highest BCUT2D eigenvalue weighted by molar-refractivity contribution is 9.11. The maximum absolute atomic E-state index is 3.59. The third-order valence-electron chi connectivity index (χ3n) is 2.20. The summed E-state index contributed by atoms with van der Waals surface area (Å²) in [7, 11) is 0. The Morgan fingerprint density at radius 2 is 1.93 bits per heavy atom. The number of rotatable bonds is 2. The van der Waals surface area contributed by atoms with Crippen LogP contribution in [0, 0.1) is 0 Å². The zero-order valence-electron chi connectivity index (χ0n) is 7.96. The van der Waals surface area contributed by atoms with Crippen LogP contribution >= 0.6 is 27.3 Å². The van der Waals surface area contributed by atoms with Gasteiger partial charge in [0.15, 0.2) is 0 Å². The average Bonchev–Trinajstić information content (AvgIpc) is 2.61. The number of aryl methyl sites for hydroxylation is 1. The van der Waals surface area contributed by atoms with E-state index in [1.807, 2.05) is 17.4 Å². The van der Waals surface area contributed by atoms with Crippen LogP contribution in [0.5, 0.6) is 0 Å². The first-order valence-corrected chi connectivity index (χ1v) is 6.26. The van der Waals surface area contributed by atoms with Crippen LogP contribution in [0.25, 0.3) is 10.4 Å². The van der Waals surface area contributed by atoms with Crippen LogP contribution in [0.2, 0.25) is 0 Å². The summed E-state index contributed by atoms with van der Waals surface area (Å²) < 4.78 is 1.26. The van der Waals surface area contributed by atoms with Crippen LogP contribution in [0.15, 0.2) is 40.2 Å². The molecule has 0 fully saturated rings. The largest absolute Gasteiger partial charge is 0.128 e. The second kappa shape index (κ2) is 4.28. The first-order valence-electron chi connectivity index (χ1n) is 4.65. The fraction of sp³-hybridized carbons (Fsp3) is 0.167. The van der Waals surface area contributed by atoms with Crippen molar-refractivity contribution in [3.05, 3.63) is 45.7 Å². The van der Waals surface area contributed by atoms with Crippen molar-refractivity contribution in [2.24, 2.45) is 0 Å². The van der Waals surface area contributed by atoms with Crippen molar-refractivity contribution in [3.8, 4) is 10.4 Å². The fourth-order valence-corrected chi connectivity index (χ4v) is 3.29. The minimum absolute atomic E-state index is 1.09. The topological polar surface area (TPSA) is 0 Å². The van der Waals surface area contributed by atoms with Gasteiger partial charge in [-0.25, -0.2) is 0 Å². The summed E-state index contributed by atoms with van der Waals surface area (Å²) in [5, 5.41) is 0. The summed E-state index contributed by atoms with van der Waals surface area (Å²) in [5.74, 6) is 0. The van der Waals surface area contributed by atoms with Gasteiger partial charge in [-0.05, 0) is 39.5 Å². The molecular formula is C12H11BrS. The highest BCUT2D eigenvalue weighted by Crippen LogP contribution is 2.35. The first kappa shape index (κ1) is 9.94. The van der Waals surface area contributed by atoms with Gasteiger partial charge in [-0.15, -0.1) is 11.3 Å². The molecular weight excluding hydrogens is 256 g/mol.